The molecule has 140 valence electrons. The zero-order valence-electron chi connectivity index (χ0n) is 15.1. The molecule has 0 saturated carbocycles. The maximum atomic E-state index is 12.7. The predicted molar refractivity (Wildman–Crippen MR) is 103 cm³/mol. The van der Waals surface area contributed by atoms with Gasteiger partial charge in [-0.25, -0.2) is 0 Å². The van der Waals surface area contributed by atoms with Gasteiger partial charge in [0.05, 0.1) is 26.4 Å². The molecule has 1 atom stereocenters. The van der Waals surface area contributed by atoms with Crippen LogP contribution in [-0.2, 0) is 20.9 Å². The first kappa shape index (κ1) is 18.8. The van der Waals surface area contributed by atoms with E-state index in [2.05, 4.69) is 5.32 Å². The summed E-state index contributed by atoms with van der Waals surface area (Å²) in [7, 11) is 1.63. The van der Waals surface area contributed by atoms with Crippen molar-refractivity contribution in [3.63, 3.8) is 0 Å². The highest BCUT2D eigenvalue weighted by Gasteiger charge is 2.33. The highest BCUT2D eigenvalue weighted by molar-refractivity contribution is 7.80. The Labute approximate surface area is 159 Å². The normalized spacial score (nSPS) is 21.5. The number of methoxy groups -OCH3 is 1. The van der Waals surface area contributed by atoms with Crippen molar-refractivity contribution in [3.8, 4) is 5.75 Å². The summed E-state index contributed by atoms with van der Waals surface area (Å²) in [5.41, 5.74) is 2.30. The van der Waals surface area contributed by atoms with Gasteiger partial charge >= 0.3 is 0 Å². The molecule has 1 aromatic carbocycles. The van der Waals surface area contributed by atoms with Crippen molar-refractivity contribution < 1.29 is 19.0 Å². The third-order valence-corrected chi connectivity index (χ3v) is 4.77. The Morgan fingerprint density at radius 3 is 3.00 bits per heavy atom. The van der Waals surface area contributed by atoms with Crippen LogP contribution in [-0.4, -0.2) is 48.9 Å². The molecule has 2 aliphatic heterocycles. The number of nitrogens with one attached hydrogen (secondary N) is 1. The van der Waals surface area contributed by atoms with Crippen molar-refractivity contribution in [2.75, 3.05) is 26.9 Å². The third-order valence-electron chi connectivity index (χ3n) is 4.45. The number of hydrogen-bond acceptors (Lipinski definition) is 5. The molecule has 0 spiro atoms. The van der Waals surface area contributed by atoms with E-state index in [1.165, 1.54) is 0 Å². The molecule has 3 rings (SSSR count). The summed E-state index contributed by atoms with van der Waals surface area (Å²) in [5.74, 6) is 0.648. The number of benzene rings is 1. The van der Waals surface area contributed by atoms with Gasteiger partial charge in [0.25, 0.3) is 5.91 Å². The minimum Gasteiger partial charge on any atom is -0.496 e. The van der Waals surface area contributed by atoms with Gasteiger partial charge in [-0.15, -0.1) is 0 Å². The van der Waals surface area contributed by atoms with Gasteiger partial charge < -0.3 is 19.5 Å². The lowest BCUT2D eigenvalue weighted by Crippen LogP contribution is -2.37. The molecule has 0 aromatic heterocycles. The maximum absolute atomic E-state index is 12.7. The van der Waals surface area contributed by atoms with Crippen LogP contribution in [0.5, 0.6) is 5.75 Å². The fraction of sp³-hybridized carbons (Fsp3) is 0.474. The second-order valence-electron chi connectivity index (χ2n) is 6.25. The molecule has 0 radical (unpaired) electrons. The molecule has 2 aliphatic rings. The van der Waals surface area contributed by atoms with Crippen molar-refractivity contribution >= 4 is 29.3 Å². The Kier molecular flexibility index (Phi) is 6.24. The zero-order valence-corrected chi connectivity index (χ0v) is 15.9. The number of carbonyl (C=O) groups excluding carboxylic acids is 1. The lowest BCUT2D eigenvalue weighted by molar-refractivity contribution is -0.123. The van der Waals surface area contributed by atoms with E-state index in [0.717, 1.165) is 36.3 Å². The van der Waals surface area contributed by atoms with Crippen LogP contribution >= 0.6 is 12.2 Å². The minimum atomic E-state index is -0.118. The number of thiocarbonyl (C=S) groups is 1. The lowest BCUT2D eigenvalue weighted by Gasteiger charge is -2.18. The first-order chi connectivity index (χ1) is 12.6. The second kappa shape index (κ2) is 8.62. The number of nitrogens with zero attached hydrogens (tertiary/aromatic N) is 1. The first-order valence-electron chi connectivity index (χ1n) is 8.83. The van der Waals surface area contributed by atoms with Crippen LogP contribution in [0.2, 0.25) is 0 Å². The molecule has 2 saturated heterocycles. The van der Waals surface area contributed by atoms with E-state index < -0.39 is 0 Å². The Bertz CT molecular complexity index is 713. The molecule has 2 fully saturated rings. The number of amides is 1. The van der Waals surface area contributed by atoms with Crippen molar-refractivity contribution in [3.05, 3.63) is 35.0 Å². The highest BCUT2D eigenvalue weighted by atomic mass is 32.1. The molecular weight excluding hydrogens is 352 g/mol. The van der Waals surface area contributed by atoms with Gasteiger partial charge in [0, 0.05) is 18.8 Å². The Balaban J connectivity index is 1.76. The smallest absolute Gasteiger partial charge is 0.276 e. The molecule has 1 unspecified atom stereocenters. The standard InChI is InChI=1S/C19H24N2O4S/c1-3-24-12-14-9-13(6-7-17(14)23-2)10-16-18(22)21(19(26)20-16)11-15-5-4-8-25-15/h6-7,9-10,15H,3-5,8,11-12H2,1-2H3,(H,20,26)/b16-10+. The van der Waals surface area contributed by atoms with Crippen LogP contribution in [0.15, 0.2) is 23.9 Å². The summed E-state index contributed by atoms with van der Waals surface area (Å²) >= 11 is 5.33. The fourth-order valence-corrected chi connectivity index (χ4v) is 3.38. The number of hydrogen-bond donors (Lipinski definition) is 1. The molecular formula is C19H24N2O4S. The molecule has 6 nitrogen and oxygen atoms in total. The molecule has 1 aromatic rings. The number of carbonyl (C=O) groups is 1. The van der Waals surface area contributed by atoms with Gasteiger partial charge in [-0.2, -0.15) is 0 Å². The monoisotopic (exact) mass is 376 g/mol. The average molecular weight is 376 g/mol. The summed E-state index contributed by atoms with van der Waals surface area (Å²) in [4.78, 5) is 14.3. The van der Waals surface area contributed by atoms with Gasteiger partial charge in [0.1, 0.15) is 11.4 Å². The Morgan fingerprint density at radius 2 is 2.31 bits per heavy atom. The van der Waals surface area contributed by atoms with E-state index in [0.29, 0.717) is 30.6 Å². The van der Waals surface area contributed by atoms with E-state index >= 15 is 0 Å². The van der Waals surface area contributed by atoms with Crippen LogP contribution < -0.4 is 10.1 Å². The van der Waals surface area contributed by atoms with Crippen molar-refractivity contribution in [1.82, 2.24) is 10.2 Å². The van der Waals surface area contributed by atoms with E-state index in [-0.39, 0.29) is 12.0 Å². The Morgan fingerprint density at radius 1 is 1.46 bits per heavy atom. The number of ether oxygens (including phenoxy) is 3. The minimum absolute atomic E-state index is 0.0665. The SMILES string of the molecule is CCOCc1cc(/C=C2/NC(=S)N(CC3CCCO3)C2=O)ccc1OC. The summed E-state index contributed by atoms with van der Waals surface area (Å²) in [6, 6.07) is 5.74. The van der Waals surface area contributed by atoms with E-state index in [1.807, 2.05) is 25.1 Å². The first-order valence-corrected chi connectivity index (χ1v) is 9.24. The fourth-order valence-electron chi connectivity index (χ4n) is 3.11. The quantitative estimate of drug-likeness (QED) is 0.583. The van der Waals surface area contributed by atoms with Crippen molar-refractivity contribution in [2.45, 2.75) is 32.5 Å². The molecule has 0 bridgehead atoms. The maximum Gasteiger partial charge on any atom is 0.276 e. The molecule has 2 heterocycles. The van der Waals surface area contributed by atoms with Gasteiger partial charge in [-0.3, -0.25) is 9.69 Å². The zero-order chi connectivity index (χ0) is 18.5. The summed E-state index contributed by atoms with van der Waals surface area (Å²) in [5, 5.41) is 3.45. The second-order valence-corrected chi connectivity index (χ2v) is 6.63. The largest absolute Gasteiger partial charge is 0.496 e. The molecule has 7 heteroatoms. The van der Waals surface area contributed by atoms with Crippen LogP contribution in [0.4, 0.5) is 0 Å². The highest BCUT2D eigenvalue weighted by Crippen LogP contribution is 2.24. The van der Waals surface area contributed by atoms with E-state index in [1.54, 1.807) is 18.1 Å². The van der Waals surface area contributed by atoms with Gasteiger partial charge in [-0.1, -0.05) is 6.07 Å². The molecule has 1 N–H and O–H groups in total. The third kappa shape index (κ3) is 4.23. The molecule has 0 aliphatic carbocycles. The van der Waals surface area contributed by atoms with Gasteiger partial charge in [0.2, 0.25) is 0 Å². The van der Waals surface area contributed by atoms with Crippen LogP contribution in [0, 0.1) is 0 Å². The average Bonchev–Trinajstić information content (AvgIpc) is 3.24. The summed E-state index contributed by atoms with van der Waals surface area (Å²) < 4.78 is 16.5. The van der Waals surface area contributed by atoms with Gasteiger partial charge in [0.15, 0.2) is 5.11 Å². The van der Waals surface area contributed by atoms with E-state index in [9.17, 15) is 4.79 Å². The van der Waals surface area contributed by atoms with Crippen molar-refractivity contribution in [1.29, 1.82) is 0 Å². The Hall–Kier alpha value is -1.96. The van der Waals surface area contributed by atoms with Crippen molar-refractivity contribution in [2.24, 2.45) is 0 Å². The van der Waals surface area contributed by atoms with Crippen LogP contribution in [0.25, 0.3) is 6.08 Å². The lowest BCUT2D eigenvalue weighted by atomic mass is 10.1. The predicted octanol–water partition coefficient (Wildman–Crippen LogP) is 2.47. The molecule has 26 heavy (non-hydrogen) atoms. The van der Waals surface area contributed by atoms with E-state index in [4.69, 9.17) is 26.4 Å². The summed E-state index contributed by atoms with van der Waals surface area (Å²) in [6.07, 6.45) is 3.87. The van der Waals surface area contributed by atoms with Crippen LogP contribution in [0.1, 0.15) is 30.9 Å². The van der Waals surface area contributed by atoms with Crippen LogP contribution in [0.3, 0.4) is 0 Å². The molecule has 1 amide bonds. The topological polar surface area (TPSA) is 60.0 Å². The van der Waals surface area contributed by atoms with Gasteiger partial charge in [-0.05, 0) is 55.8 Å². The summed E-state index contributed by atoms with van der Waals surface area (Å²) in [6.45, 7) is 4.29. The number of rotatable bonds is 7.